The SMILES string of the molecule is Cc1cc(F)cc(F)c1C1=NC(C)(C)CO1. The number of hydrogen-bond acceptors (Lipinski definition) is 2. The van der Waals surface area contributed by atoms with E-state index in [1.54, 1.807) is 6.92 Å². The van der Waals surface area contributed by atoms with Gasteiger partial charge in [0.05, 0.1) is 11.1 Å². The third-order valence-corrected chi connectivity index (χ3v) is 2.43. The van der Waals surface area contributed by atoms with Crippen LogP contribution in [0.1, 0.15) is 25.0 Å². The second kappa shape index (κ2) is 3.54. The Morgan fingerprint density at radius 2 is 2.00 bits per heavy atom. The molecule has 0 saturated carbocycles. The van der Waals surface area contributed by atoms with Crippen LogP contribution < -0.4 is 0 Å². The van der Waals surface area contributed by atoms with E-state index in [1.165, 1.54) is 6.07 Å². The van der Waals surface area contributed by atoms with Crippen LogP contribution in [-0.2, 0) is 4.74 Å². The maximum Gasteiger partial charge on any atom is 0.220 e. The molecule has 2 nitrogen and oxygen atoms in total. The molecule has 86 valence electrons. The molecule has 0 atom stereocenters. The minimum absolute atomic E-state index is 0.256. The Kier molecular flexibility index (Phi) is 2.45. The fraction of sp³-hybridized carbons (Fsp3) is 0.417. The highest BCUT2D eigenvalue weighted by atomic mass is 19.1. The fourth-order valence-corrected chi connectivity index (χ4v) is 1.69. The minimum Gasteiger partial charge on any atom is -0.475 e. The lowest BCUT2D eigenvalue weighted by atomic mass is 10.1. The summed E-state index contributed by atoms with van der Waals surface area (Å²) in [6, 6.07) is 2.12. The number of ether oxygens (including phenoxy) is 1. The van der Waals surface area contributed by atoms with Gasteiger partial charge < -0.3 is 4.74 Å². The lowest BCUT2D eigenvalue weighted by molar-refractivity contribution is 0.278. The molecule has 0 fully saturated rings. The summed E-state index contributed by atoms with van der Waals surface area (Å²) in [5, 5.41) is 0. The zero-order chi connectivity index (χ0) is 11.9. The number of halogens is 2. The molecule has 16 heavy (non-hydrogen) atoms. The second-order valence-corrected chi connectivity index (χ2v) is 4.60. The standard InChI is InChI=1S/C12H13F2NO/c1-7-4-8(13)5-9(14)10(7)11-15-12(2,3)6-16-11/h4-5H,6H2,1-3H3. The average molecular weight is 225 g/mol. The van der Waals surface area contributed by atoms with Crippen molar-refractivity contribution in [3.63, 3.8) is 0 Å². The molecule has 0 unspecified atom stereocenters. The van der Waals surface area contributed by atoms with Crippen LogP contribution in [0.15, 0.2) is 17.1 Å². The molecule has 0 amide bonds. The summed E-state index contributed by atoms with van der Waals surface area (Å²) in [5.74, 6) is -0.953. The Balaban J connectivity index is 2.50. The Hall–Kier alpha value is -1.45. The fourth-order valence-electron chi connectivity index (χ4n) is 1.69. The Labute approximate surface area is 93.0 Å². The Morgan fingerprint density at radius 3 is 2.50 bits per heavy atom. The summed E-state index contributed by atoms with van der Waals surface area (Å²) in [6.45, 7) is 5.85. The van der Waals surface area contributed by atoms with E-state index < -0.39 is 11.6 Å². The molecule has 0 aromatic heterocycles. The zero-order valence-electron chi connectivity index (χ0n) is 9.47. The highest BCUT2D eigenvalue weighted by Crippen LogP contribution is 2.24. The average Bonchev–Trinajstić information content (AvgIpc) is 2.44. The molecule has 4 heteroatoms. The van der Waals surface area contributed by atoms with Crippen LogP contribution in [0.4, 0.5) is 8.78 Å². The lowest BCUT2D eigenvalue weighted by Gasteiger charge is -2.07. The molecular weight excluding hydrogens is 212 g/mol. The summed E-state index contributed by atoms with van der Waals surface area (Å²) < 4.78 is 31.9. The molecule has 0 spiro atoms. The number of hydrogen-bond donors (Lipinski definition) is 0. The molecular formula is C12H13F2NO. The van der Waals surface area contributed by atoms with Crippen LogP contribution in [0.2, 0.25) is 0 Å². The van der Waals surface area contributed by atoms with E-state index in [2.05, 4.69) is 4.99 Å². The van der Waals surface area contributed by atoms with E-state index in [1.807, 2.05) is 13.8 Å². The van der Waals surface area contributed by atoms with E-state index in [0.29, 0.717) is 12.2 Å². The monoisotopic (exact) mass is 225 g/mol. The van der Waals surface area contributed by atoms with Gasteiger partial charge in [-0.15, -0.1) is 0 Å². The maximum absolute atomic E-state index is 13.6. The quantitative estimate of drug-likeness (QED) is 0.720. The van der Waals surface area contributed by atoms with Crippen LogP contribution in [0.5, 0.6) is 0 Å². The van der Waals surface area contributed by atoms with Crippen molar-refractivity contribution in [3.8, 4) is 0 Å². The van der Waals surface area contributed by atoms with Gasteiger partial charge in [0.15, 0.2) is 0 Å². The van der Waals surface area contributed by atoms with Crippen molar-refractivity contribution in [2.75, 3.05) is 6.61 Å². The van der Waals surface area contributed by atoms with Crippen molar-refractivity contribution < 1.29 is 13.5 Å². The minimum atomic E-state index is -0.631. The second-order valence-electron chi connectivity index (χ2n) is 4.60. The number of aliphatic imine (C=N–C) groups is 1. The molecule has 1 aromatic rings. The van der Waals surface area contributed by atoms with E-state index in [-0.39, 0.29) is 17.0 Å². The molecule has 1 heterocycles. The topological polar surface area (TPSA) is 21.6 Å². The number of aryl methyl sites for hydroxylation is 1. The van der Waals surface area contributed by atoms with Gasteiger partial charge in [-0.25, -0.2) is 13.8 Å². The highest BCUT2D eigenvalue weighted by Gasteiger charge is 2.29. The maximum atomic E-state index is 13.6. The Bertz CT molecular complexity index is 443. The molecule has 1 aromatic carbocycles. The summed E-state index contributed by atoms with van der Waals surface area (Å²) >= 11 is 0. The molecule has 0 aliphatic carbocycles. The van der Waals surface area contributed by atoms with Crippen LogP contribution in [0.25, 0.3) is 0 Å². The lowest BCUT2D eigenvalue weighted by Crippen LogP contribution is -2.17. The van der Waals surface area contributed by atoms with Gasteiger partial charge in [-0.1, -0.05) is 0 Å². The van der Waals surface area contributed by atoms with E-state index in [0.717, 1.165) is 6.07 Å². The van der Waals surface area contributed by atoms with E-state index in [4.69, 9.17) is 4.74 Å². The smallest absolute Gasteiger partial charge is 0.220 e. The van der Waals surface area contributed by atoms with Crippen LogP contribution in [0, 0.1) is 18.6 Å². The van der Waals surface area contributed by atoms with Gasteiger partial charge in [0.1, 0.15) is 18.2 Å². The van der Waals surface area contributed by atoms with Gasteiger partial charge in [0.2, 0.25) is 5.90 Å². The Morgan fingerprint density at radius 1 is 1.31 bits per heavy atom. The number of rotatable bonds is 1. The van der Waals surface area contributed by atoms with Crippen molar-refractivity contribution in [1.82, 2.24) is 0 Å². The summed E-state index contributed by atoms with van der Waals surface area (Å²) in [6.07, 6.45) is 0. The third kappa shape index (κ3) is 1.92. The van der Waals surface area contributed by atoms with Gasteiger partial charge in [-0.2, -0.15) is 0 Å². The first kappa shape index (κ1) is 11.0. The molecule has 0 saturated heterocycles. The van der Waals surface area contributed by atoms with Crippen molar-refractivity contribution in [1.29, 1.82) is 0 Å². The van der Waals surface area contributed by atoms with Gasteiger partial charge in [0, 0.05) is 6.07 Å². The van der Waals surface area contributed by atoms with Crippen LogP contribution in [-0.4, -0.2) is 18.0 Å². The van der Waals surface area contributed by atoms with Crippen molar-refractivity contribution in [2.24, 2.45) is 4.99 Å². The summed E-state index contributed by atoms with van der Waals surface area (Å²) in [4.78, 5) is 4.27. The summed E-state index contributed by atoms with van der Waals surface area (Å²) in [5.41, 5.74) is 0.406. The zero-order valence-corrected chi connectivity index (χ0v) is 9.47. The van der Waals surface area contributed by atoms with Gasteiger partial charge in [-0.3, -0.25) is 0 Å². The molecule has 0 bridgehead atoms. The predicted molar refractivity (Wildman–Crippen MR) is 57.7 cm³/mol. The summed E-state index contributed by atoms with van der Waals surface area (Å²) in [7, 11) is 0. The normalized spacial score (nSPS) is 18.2. The first-order chi connectivity index (χ1) is 7.39. The number of nitrogens with zero attached hydrogens (tertiary/aromatic N) is 1. The van der Waals surface area contributed by atoms with Crippen molar-refractivity contribution in [3.05, 3.63) is 34.9 Å². The molecule has 0 radical (unpaired) electrons. The molecule has 0 N–H and O–H groups in total. The third-order valence-electron chi connectivity index (χ3n) is 2.43. The highest BCUT2D eigenvalue weighted by molar-refractivity contribution is 5.97. The van der Waals surface area contributed by atoms with Crippen molar-refractivity contribution in [2.45, 2.75) is 26.3 Å². The molecule has 1 aliphatic heterocycles. The predicted octanol–water partition coefficient (Wildman–Crippen LogP) is 2.83. The molecule has 2 rings (SSSR count). The van der Waals surface area contributed by atoms with Gasteiger partial charge in [-0.05, 0) is 32.4 Å². The van der Waals surface area contributed by atoms with E-state index in [9.17, 15) is 8.78 Å². The number of benzene rings is 1. The van der Waals surface area contributed by atoms with Gasteiger partial charge >= 0.3 is 0 Å². The van der Waals surface area contributed by atoms with Gasteiger partial charge in [0.25, 0.3) is 0 Å². The first-order valence-corrected chi connectivity index (χ1v) is 5.08. The largest absolute Gasteiger partial charge is 0.475 e. The first-order valence-electron chi connectivity index (χ1n) is 5.08. The van der Waals surface area contributed by atoms with Crippen molar-refractivity contribution >= 4 is 5.90 Å². The molecule has 1 aliphatic rings. The van der Waals surface area contributed by atoms with E-state index >= 15 is 0 Å². The van der Waals surface area contributed by atoms with Crippen LogP contribution in [0.3, 0.4) is 0 Å². The van der Waals surface area contributed by atoms with Crippen LogP contribution >= 0.6 is 0 Å².